The maximum absolute atomic E-state index is 13.4. The van der Waals surface area contributed by atoms with Gasteiger partial charge >= 0.3 is 0 Å². The van der Waals surface area contributed by atoms with E-state index in [-0.39, 0.29) is 11.6 Å². The smallest absolute Gasteiger partial charge is 0.193 e. The second-order valence-electron chi connectivity index (χ2n) is 4.82. The Balaban J connectivity index is 1.82. The third-order valence-electron chi connectivity index (χ3n) is 3.20. The summed E-state index contributed by atoms with van der Waals surface area (Å²) in [5.41, 5.74) is 5.66. The first-order chi connectivity index (χ1) is 10.1. The molecular formula is C14H20F2N4O. The molecule has 1 aliphatic rings. The van der Waals surface area contributed by atoms with Gasteiger partial charge in [0.15, 0.2) is 5.96 Å². The molecule has 0 unspecified atom stereocenters. The third kappa shape index (κ3) is 5.28. The molecule has 0 bridgehead atoms. The van der Waals surface area contributed by atoms with E-state index in [1.807, 2.05) is 0 Å². The maximum Gasteiger partial charge on any atom is 0.193 e. The minimum atomic E-state index is -0.570. The van der Waals surface area contributed by atoms with Gasteiger partial charge in [0.05, 0.1) is 18.8 Å². The lowest BCUT2D eigenvalue weighted by molar-refractivity contribution is 0.142. The van der Waals surface area contributed by atoms with Crippen LogP contribution in [0.2, 0.25) is 0 Å². The summed E-state index contributed by atoms with van der Waals surface area (Å²) in [4.78, 5) is 6.37. The first-order valence-electron chi connectivity index (χ1n) is 6.97. The fourth-order valence-corrected chi connectivity index (χ4v) is 2.10. The summed E-state index contributed by atoms with van der Waals surface area (Å²) in [6, 6.07) is 3.14. The van der Waals surface area contributed by atoms with Crippen LogP contribution < -0.4 is 11.1 Å². The first kappa shape index (κ1) is 15.7. The zero-order valence-corrected chi connectivity index (χ0v) is 11.8. The molecule has 5 nitrogen and oxygen atoms in total. The van der Waals surface area contributed by atoms with Crippen molar-refractivity contribution < 1.29 is 13.5 Å². The van der Waals surface area contributed by atoms with Crippen molar-refractivity contribution in [2.75, 3.05) is 44.7 Å². The number of hydrogen-bond acceptors (Lipinski definition) is 3. The molecule has 1 fully saturated rings. The third-order valence-corrected chi connectivity index (χ3v) is 3.20. The van der Waals surface area contributed by atoms with Crippen molar-refractivity contribution in [2.24, 2.45) is 10.7 Å². The maximum atomic E-state index is 13.4. The number of nitrogens with one attached hydrogen (secondary N) is 1. The fourth-order valence-electron chi connectivity index (χ4n) is 2.10. The predicted octanol–water partition coefficient (Wildman–Crippen LogP) is 1.41. The molecule has 0 aromatic heterocycles. The Hall–Kier alpha value is -1.73. The number of nitrogens with two attached hydrogens (primary N) is 1. The van der Waals surface area contributed by atoms with Gasteiger partial charge in [-0.05, 0) is 18.6 Å². The summed E-state index contributed by atoms with van der Waals surface area (Å²) in [6.07, 6.45) is 1.01. The second kappa shape index (κ2) is 7.90. The van der Waals surface area contributed by atoms with E-state index < -0.39 is 11.6 Å². The van der Waals surface area contributed by atoms with E-state index in [1.165, 1.54) is 0 Å². The van der Waals surface area contributed by atoms with Crippen molar-refractivity contribution in [3.8, 4) is 0 Å². The topological polar surface area (TPSA) is 62.9 Å². The zero-order valence-electron chi connectivity index (χ0n) is 11.8. The van der Waals surface area contributed by atoms with Crippen LogP contribution in [-0.2, 0) is 4.74 Å². The summed E-state index contributed by atoms with van der Waals surface area (Å²) in [7, 11) is 0. The molecule has 1 heterocycles. The number of nitrogens with zero attached hydrogens (tertiary/aromatic N) is 2. The molecule has 0 saturated carbocycles. The molecule has 116 valence electrons. The predicted molar refractivity (Wildman–Crippen MR) is 78.3 cm³/mol. The van der Waals surface area contributed by atoms with Gasteiger partial charge < -0.3 is 15.8 Å². The van der Waals surface area contributed by atoms with Crippen LogP contribution in [0.4, 0.5) is 14.5 Å². The van der Waals surface area contributed by atoms with Crippen molar-refractivity contribution in [2.45, 2.75) is 6.42 Å². The summed E-state index contributed by atoms with van der Waals surface area (Å²) >= 11 is 0. The van der Waals surface area contributed by atoms with E-state index >= 15 is 0 Å². The molecule has 0 atom stereocenters. The lowest BCUT2D eigenvalue weighted by Crippen LogP contribution is -2.30. The van der Waals surface area contributed by atoms with Crippen LogP contribution in [-0.4, -0.2) is 50.3 Å². The average Bonchev–Trinajstić information content (AvgIpc) is 2.72. The van der Waals surface area contributed by atoms with Gasteiger partial charge in [-0.15, -0.1) is 0 Å². The van der Waals surface area contributed by atoms with Crippen LogP contribution in [0.5, 0.6) is 0 Å². The molecule has 0 spiro atoms. The largest absolute Gasteiger partial charge is 0.380 e. The highest BCUT2D eigenvalue weighted by atomic mass is 19.1. The molecular weight excluding hydrogens is 278 g/mol. The highest BCUT2D eigenvalue weighted by molar-refractivity contribution is 5.92. The Labute approximate surface area is 122 Å². The quantitative estimate of drug-likeness (QED) is 0.652. The number of ether oxygens (including phenoxy) is 1. The zero-order chi connectivity index (χ0) is 15.1. The molecule has 2 rings (SSSR count). The van der Waals surface area contributed by atoms with E-state index in [0.29, 0.717) is 6.54 Å². The lowest BCUT2D eigenvalue weighted by Gasteiger charge is -2.17. The van der Waals surface area contributed by atoms with Crippen molar-refractivity contribution in [3.05, 3.63) is 29.8 Å². The second-order valence-corrected chi connectivity index (χ2v) is 4.82. The van der Waals surface area contributed by atoms with Crippen LogP contribution in [0.1, 0.15) is 6.42 Å². The van der Waals surface area contributed by atoms with Crippen LogP contribution in [0.25, 0.3) is 0 Å². The van der Waals surface area contributed by atoms with Gasteiger partial charge in [0.2, 0.25) is 0 Å². The number of anilines is 1. The SMILES string of the molecule is NC(=NCCN1CCCOCC1)Nc1cc(F)ccc1F. The Morgan fingerprint density at radius 2 is 2.19 bits per heavy atom. The van der Waals surface area contributed by atoms with E-state index in [9.17, 15) is 8.78 Å². The van der Waals surface area contributed by atoms with Crippen molar-refractivity contribution in [1.82, 2.24) is 4.90 Å². The summed E-state index contributed by atoms with van der Waals surface area (Å²) in [5, 5.41) is 2.57. The number of hydrogen-bond donors (Lipinski definition) is 2. The van der Waals surface area contributed by atoms with Crippen LogP contribution in [0.3, 0.4) is 0 Å². The van der Waals surface area contributed by atoms with E-state index in [4.69, 9.17) is 10.5 Å². The number of halogens is 2. The van der Waals surface area contributed by atoms with Crippen LogP contribution >= 0.6 is 0 Å². The number of benzene rings is 1. The minimum absolute atomic E-state index is 0.0144. The van der Waals surface area contributed by atoms with Gasteiger partial charge in [0.1, 0.15) is 11.6 Å². The number of guanidine groups is 1. The number of aliphatic imine (C=N–C) groups is 1. The lowest BCUT2D eigenvalue weighted by atomic mass is 10.3. The Morgan fingerprint density at radius 1 is 1.33 bits per heavy atom. The molecule has 0 amide bonds. The van der Waals surface area contributed by atoms with Crippen molar-refractivity contribution in [3.63, 3.8) is 0 Å². The molecule has 7 heteroatoms. The Kier molecular flexibility index (Phi) is 5.89. The summed E-state index contributed by atoms with van der Waals surface area (Å²) in [6.45, 7) is 4.63. The average molecular weight is 298 g/mol. The van der Waals surface area contributed by atoms with Gasteiger partial charge in [-0.25, -0.2) is 8.78 Å². The van der Waals surface area contributed by atoms with Crippen LogP contribution in [0.15, 0.2) is 23.2 Å². The van der Waals surface area contributed by atoms with Gasteiger partial charge in [-0.3, -0.25) is 9.89 Å². The first-order valence-corrected chi connectivity index (χ1v) is 6.97. The molecule has 1 aromatic carbocycles. The van der Waals surface area contributed by atoms with Gasteiger partial charge in [-0.2, -0.15) is 0 Å². The highest BCUT2D eigenvalue weighted by Gasteiger charge is 2.08. The van der Waals surface area contributed by atoms with Crippen molar-refractivity contribution in [1.29, 1.82) is 0 Å². The molecule has 1 aromatic rings. The fraction of sp³-hybridized carbons (Fsp3) is 0.500. The van der Waals surface area contributed by atoms with Crippen molar-refractivity contribution >= 4 is 11.6 Å². The summed E-state index contributed by atoms with van der Waals surface area (Å²) < 4.78 is 31.8. The molecule has 21 heavy (non-hydrogen) atoms. The molecule has 1 saturated heterocycles. The minimum Gasteiger partial charge on any atom is -0.380 e. The standard InChI is InChI=1S/C14H20F2N4O/c15-11-2-3-12(16)13(10-11)19-14(17)18-4-6-20-5-1-8-21-9-7-20/h2-3,10H,1,4-9H2,(H3,17,18,19). The van der Waals surface area contributed by atoms with E-state index in [2.05, 4.69) is 15.2 Å². The van der Waals surface area contributed by atoms with Gasteiger partial charge in [-0.1, -0.05) is 0 Å². The highest BCUT2D eigenvalue weighted by Crippen LogP contribution is 2.14. The van der Waals surface area contributed by atoms with Gasteiger partial charge in [0, 0.05) is 32.3 Å². The molecule has 0 radical (unpaired) electrons. The molecule has 1 aliphatic heterocycles. The van der Waals surface area contributed by atoms with Crippen LogP contribution in [0, 0.1) is 11.6 Å². The Bertz CT molecular complexity index is 488. The Morgan fingerprint density at radius 3 is 3.05 bits per heavy atom. The monoisotopic (exact) mass is 298 g/mol. The molecule has 3 N–H and O–H groups in total. The summed E-state index contributed by atoms with van der Waals surface area (Å²) in [5.74, 6) is -1.03. The number of rotatable bonds is 4. The normalized spacial score (nSPS) is 17.5. The van der Waals surface area contributed by atoms with E-state index in [1.54, 1.807) is 0 Å². The molecule has 0 aliphatic carbocycles. The van der Waals surface area contributed by atoms with E-state index in [0.717, 1.165) is 57.5 Å². The van der Waals surface area contributed by atoms with Gasteiger partial charge in [0.25, 0.3) is 0 Å².